The van der Waals surface area contributed by atoms with Crippen LogP contribution >= 0.6 is 11.6 Å². The number of aromatic nitrogens is 1. The molecule has 0 spiro atoms. The minimum Gasteiger partial charge on any atom is -0.435 e. The lowest BCUT2D eigenvalue weighted by atomic mass is 9.98. The molecule has 0 saturated heterocycles. The van der Waals surface area contributed by atoms with Gasteiger partial charge >= 0.3 is 6.61 Å². The molecule has 0 aliphatic rings. The Morgan fingerprint density at radius 3 is 2.34 bits per heavy atom. The monoisotopic (exact) mass is 417 g/mol. The van der Waals surface area contributed by atoms with E-state index in [-0.39, 0.29) is 29.4 Å². The van der Waals surface area contributed by atoms with Crippen molar-refractivity contribution in [3.63, 3.8) is 0 Å². The predicted octanol–water partition coefficient (Wildman–Crippen LogP) is 4.65. The summed E-state index contributed by atoms with van der Waals surface area (Å²) in [6, 6.07) is 18.8. The second kappa shape index (κ2) is 9.95. The quantitative estimate of drug-likeness (QED) is 0.523. The number of pyridine rings is 1. The lowest BCUT2D eigenvalue weighted by Gasteiger charge is -2.20. The summed E-state index contributed by atoms with van der Waals surface area (Å²) >= 11 is 5.96. The standard InChI is InChI=1S/C21H18ClF2N3O2/c22-20-17(7-4-12-25-20)27-18(28)13-26-19(14-5-2-1-3-6-14)15-8-10-16(11-9-15)29-21(23)24/h1-12,19,21,26H,13H2,(H,27,28)/t19-/m1/s1. The number of ether oxygens (including phenoxy) is 1. The van der Waals surface area contributed by atoms with E-state index in [1.807, 2.05) is 30.3 Å². The van der Waals surface area contributed by atoms with Crippen LogP contribution in [0.25, 0.3) is 0 Å². The summed E-state index contributed by atoms with van der Waals surface area (Å²) in [5, 5.41) is 6.09. The van der Waals surface area contributed by atoms with Gasteiger partial charge in [-0.05, 0) is 35.4 Å². The van der Waals surface area contributed by atoms with E-state index in [0.717, 1.165) is 11.1 Å². The number of nitrogens with zero attached hydrogens (tertiary/aromatic N) is 1. The minimum atomic E-state index is -2.88. The molecule has 29 heavy (non-hydrogen) atoms. The molecule has 1 atom stereocenters. The van der Waals surface area contributed by atoms with Gasteiger partial charge in [-0.25, -0.2) is 4.98 Å². The maximum Gasteiger partial charge on any atom is 0.387 e. The van der Waals surface area contributed by atoms with Crippen molar-refractivity contribution < 1.29 is 18.3 Å². The van der Waals surface area contributed by atoms with Crippen molar-refractivity contribution in [1.29, 1.82) is 0 Å². The molecule has 0 bridgehead atoms. The highest BCUT2D eigenvalue weighted by Gasteiger charge is 2.16. The molecule has 3 aromatic rings. The normalized spacial score (nSPS) is 11.9. The first kappa shape index (κ1) is 20.7. The van der Waals surface area contributed by atoms with Crippen LogP contribution in [0, 0.1) is 0 Å². The first-order valence-electron chi connectivity index (χ1n) is 8.76. The van der Waals surface area contributed by atoms with Crippen LogP contribution in [-0.2, 0) is 4.79 Å². The van der Waals surface area contributed by atoms with Gasteiger partial charge in [0.25, 0.3) is 0 Å². The minimum absolute atomic E-state index is 0.0000691. The van der Waals surface area contributed by atoms with Gasteiger partial charge in [0.05, 0.1) is 18.3 Å². The molecule has 150 valence electrons. The van der Waals surface area contributed by atoms with E-state index in [2.05, 4.69) is 20.4 Å². The van der Waals surface area contributed by atoms with Crippen molar-refractivity contribution in [2.45, 2.75) is 12.7 Å². The van der Waals surface area contributed by atoms with Crippen molar-refractivity contribution in [2.24, 2.45) is 0 Å². The van der Waals surface area contributed by atoms with Gasteiger partial charge in [-0.2, -0.15) is 8.78 Å². The van der Waals surface area contributed by atoms with E-state index in [1.165, 1.54) is 18.3 Å². The number of anilines is 1. The van der Waals surface area contributed by atoms with E-state index in [1.54, 1.807) is 24.3 Å². The van der Waals surface area contributed by atoms with Gasteiger partial charge in [0.1, 0.15) is 5.75 Å². The number of amides is 1. The number of alkyl halides is 2. The van der Waals surface area contributed by atoms with Crippen molar-refractivity contribution in [2.75, 3.05) is 11.9 Å². The summed E-state index contributed by atoms with van der Waals surface area (Å²) in [5.41, 5.74) is 2.14. The van der Waals surface area contributed by atoms with E-state index in [0.29, 0.717) is 5.69 Å². The van der Waals surface area contributed by atoms with Crippen molar-refractivity contribution in [3.8, 4) is 5.75 Å². The van der Waals surface area contributed by atoms with E-state index < -0.39 is 6.61 Å². The summed E-state index contributed by atoms with van der Waals surface area (Å²) in [5.74, 6) is -0.224. The molecule has 5 nitrogen and oxygen atoms in total. The molecule has 0 fully saturated rings. The highest BCUT2D eigenvalue weighted by atomic mass is 35.5. The van der Waals surface area contributed by atoms with E-state index in [4.69, 9.17) is 11.6 Å². The van der Waals surface area contributed by atoms with Crippen LogP contribution in [0.1, 0.15) is 17.2 Å². The number of hydrogen-bond acceptors (Lipinski definition) is 4. The fourth-order valence-corrected chi connectivity index (χ4v) is 2.95. The number of nitrogens with one attached hydrogen (secondary N) is 2. The van der Waals surface area contributed by atoms with Crippen molar-refractivity contribution >= 4 is 23.2 Å². The molecule has 8 heteroatoms. The van der Waals surface area contributed by atoms with Crippen LogP contribution in [0.15, 0.2) is 72.9 Å². The van der Waals surface area contributed by atoms with E-state index in [9.17, 15) is 13.6 Å². The second-order valence-corrected chi connectivity index (χ2v) is 6.42. The smallest absolute Gasteiger partial charge is 0.387 e. The Morgan fingerprint density at radius 2 is 1.69 bits per heavy atom. The number of halogens is 3. The van der Waals surface area contributed by atoms with Crippen LogP contribution in [-0.4, -0.2) is 24.0 Å². The van der Waals surface area contributed by atoms with Crippen LogP contribution in [0.2, 0.25) is 5.15 Å². The molecule has 0 aliphatic heterocycles. The molecule has 0 saturated carbocycles. The maximum absolute atomic E-state index is 12.4. The Morgan fingerprint density at radius 1 is 1.00 bits per heavy atom. The molecule has 3 rings (SSSR count). The third-order valence-electron chi connectivity index (χ3n) is 4.07. The molecule has 0 radical (unpaired) electrons. The highest BCUT2D eigenvalue weighted by molar-refractivity contribution is 6.32. The maximum atomic E-state index is 12.4. The van der Waals surface area contributed by atoms with Crippen molar-refractivity contribution in [3.05, 3.63) is 89.2 Å². The summed E-state index contributed by atoms with van der Waals surface area (Å²) in [6.45, 7) is -2.88. The zero-order valence-electron chi connectivity index (χ0n) is 15.2. The zero-order chi connectivity index (χ0) is 20.6. The summed E-state index contributed by atoms with van der Waals surface area (Å²) in [4.78, 5) is 16.3. The average molecular weight is 418 g/mol. The molecule has 1 heterocycles. The van der Waals surface area contributed by atoms with Crippen LogP contribution in [0.5, 0.6) is 5.75 Å². The molecule has 2 N–H and O–H groups in total. The van der Waals surface area contributed by atoms with Crippen LogP contribution in [0.3, 0.4) is 0 Å². The third-order valence-corrected chi connectivity index (χ3v) is 4.37. The summed E-state index contributed by atoms with van der Waals surface area (Å²) in [7, 11) is 0. The third kappa shape index (κ3) is 5.97. The van der Waals surface area contributed by atoms with Gasteiger partial charge in [-0.3, -0.25) is 10.1 Å². The average Bonchev–Trinajstić information content (AvgIpc) is 2.71. The van der Waals surface area contributed by atoms with Gasteiger partial charge in [0.2, 0.25) is 5.91 Å². The Labute approximate surface area is 171 Å². The van der Waals surface area contributed by atoms with Crippen LogP contribution < -0.4 is 15.4 Å². The molecule has 1 aromatic heterocycles. The largest absolute Gasteiger partial charge is 0.435 e. The topological polar surface area (TPSA) is 63.2 Å². The fourth-order valence-electron chi connectivity index (χ4n) is 2.78. The van der Waals surface area contributed by atoms with Crippen molar-refractivity contribution in [1.82, 2.24) is 10.3 Å². The summed E-state index contributed by atoms with van der Waals surface area (Å²) in [6.07, 6.45) is 1.53. The Kier molecular flexibility index (Phi) is 7.10. The van der Waals surface area contributed by atoms with Gasteiger partial charge in [-0.15, -0.1) is 0 Å². The highest BCUT2D eigenvalue weighted by Crippen LogP contribution is 2.25. The van der Waals surface area contributed by atoms with E-state index >= 15 is 0 Å². The Balaban J connectivity index is 1.73. The molecule has 0 aliphatic carbocycles. The first-order chi connectivity index (χ1) is 14.0. The Bertz CT molecular complexity index is 940. The molecular weight excluding hydrogens is 400 g/mol. The first-order valence-corrected chi connectivity index (χ1v) is 9.14. The lowest BCUT2D eigenvalue weighted by Crippen LogP contribution is -2.32. The van der Waals surface area contributed by atoms with Gasteiger partial charge in [-0.1, -0.05) is 54.1 Å². The predicted molar refractivity (Wildman–Crippen MR) is 107 cm³/mol. The van der Waals surface area contributed by atoms with Crippen LogP contribution in [0.4, 0.5) is 14.5 Å². The SMILES string of the molecule is O=C(CN[C@H](c1ccccc1)c1ccc(OC(F)F)cc1)Nc1cccnc1Cl. The molecular formula is C21H18ClF2N3O2. The fraction of sp³-hybridized carbons (Fsp3) is 0.143. The van der Waals surface area contributed by atoms with Gasteiger partial charge in [0, 0.05) is 6.20 Å². The number of carbonyl (C=O) groups excluding carboxylic acids is 1. The van der Waals surface area contributed by atoms with Gasteiger partial charge < -0.3 is 10.1 Å². The number of benzene rings is 2. The number of rotatable bonds is 8. The molecule has 0 unspecified atom stereocenters. The zero-order valence-corrected chi connectivity index (χ0v) is 15.9. The number of hydrogen-bond donors (Lipinski definition) is 2. The Hall–Kier alpha value is -3.03. The van der Waals surface area contributed by atoms with Gasteiger partial charge in [0.15, 0.2) is 5.15 Å². The molecule has 2 aromatic carbocycles. The number of carbonyl (C=O) groups is 1. The second-order valence-electron chi connectivity index (χ2n) is 6.06. The lowest BCUT2D eigenvalue weighted by molar-refractivity contribution is -0.115. The summed E-state index contributed by atoms with van der Waals surface area (Å²) < 4.78 is 29.1. The molecule has 1 amide bonds.